The van der Waals surface area contributed by atoms with Crippen LogP contribution < -0.4 is 0 Å². The standard InChI is InChI=1S/C18H22N2O/c1-13-8-9-16(10-14(13)2)18(21)12-20(4)11-17-7-5-6-15(3)19-17/h5-10H,11-12H2,1-4H3. The SMILES string of the molecule is Cc1cccc(CN(C)CC(=O)c2ccc(C)c(C)c2)n1. The van der Waals surface area contributed by atoms with Crippen molar-refractivity contribution in [1.82, 2.24) is 9.88 Å². The summed E-state index contributed by atoms with van der Waals surface area (Å²) in [6.07, 6.45) is 0. The average Bonchev–Trinajstić information content (AvgIpc) is 2.41. The number of aromatic nitrogens is 1. The predicted molar refractivity (Wildman–Crippen MR) is 85.6 cm³/mol. The van der Waals surface area contributed by atoms with Gasteiger partial charge in [0, 0.05) is 17.8 Å². The van der Waals surface area contributed by atoms with Crippen molar-refractivity contribution in [2.45, 2.75) is 27.3 Å². The fourth-order valence-corrected chi connectivity index (χ4v) is 2.27. The Morgan fingerprint density at radius 2 is 1.86 bits per heavy atom. The van der Waals surface area contributed by atoms with E-state index in [1.165, 1.54) is 5.56 Å². The molecule has 0 unspecified atom stereocenters. The highest BCUT2D eigenvalue weighted by molar-refractivity contribution is 5.97. The zero-order chi connectivity index (χ0) is 15.4. The van der Waals surface area contributed by atoms with Gasteiger partial charge in [0.15, 0.2) is 5.78 Å². The van der Waals surface area contributed by atoms with Crippen LogP contribution in [0, 0.1) is 20.8 Å². The van der Waals surface area contributed by atoms with Crippen LogP contribution >= 0.6 is 0 Å². The second-order valence-electron chi connectivity index (χ2n) is 5.66. The minimum Gasteiger partial charge on any atom is -0.293 e. The number of carbonyl (C=O) groups excluding carboxylic acids is 1. The summed E-state index contributed by atoms with van der Waals surface area (Å²) in [5.74, 6) is 0.147. The van der Waals surface area contributed by atoms with Crippen LogP contribution in [0.1, 0.15) is 32.9 Å². The number of hydrogen-bond acceptors (Lipinski definition) is 3. The van der Waals surface area contributed by atoms with Crippen LogP contribution in [0.3, 0.4) is 0 Å². The summed E-state index contributed by atoms with van der Waals surface area (Å²) in [4.78, 5) is 18.8. The van der Waals surface area contributed by atoms with Crippen molar-refractivity contribution in [3.8, 4) is 0 Å². The molecule has 0 saturated carbocycles. The lowest BCUT2D eigenvalue weighted by atomic mass is 10.0. The number of aryl methyl sites for hydroxylation is 3. The number of hydrogen-bond donors (Lipinski definition) is 0. The van der Waals surface area contributed by atoms with Crippen molar-refractivity contribution in [3.05, 3.63) is 64.5 Å². The van der Waals surface area contributed by atoms with Gasteiger partial charge in [0.25, 0.3) is 0 Å². The van der Waals surface area contributed by atoms with Crippen LogP contribution in [0.5, 0.6) is 0 Å². The van der Waals surface area contributed by atoms with Gasteiger partial charge in [0.05, 0.1) is 12.2 Å². The van der Waals surface area contributed by atoms with Gasteiger partial charge < -0.3 is 0 Å². The molecule has 1 aromatic heterocycles. The van der Waals surface area contributed by atoms with Crippen LogP contribution in [0.15, 0.2) is 36.4 Å². The van der Waals surface area contributed by atoms with Crippen molar-refractivity contribution >= 4 is 5.78 Å². The monoisotopic (exact) mass is 282 g/mol. The van der Waals surface area contributed by atoms with Crippen LogP contribution in [0.4, 0.5) is 0 Å². The van der Waals surface area contributed by atoms with Crippen molar-refractivity contribution in [1.29, 1.82) is 0 Å². The largest absolute Gasteiger partial charge is 0.293 e. The normalized spacial score (nSPS) is 10.9. The fraction of sp³-hybridized carbons (Fsp3) is 0.333. The summed E-state index contributed by atoms with van der Waals surface area (Å²) in [6, 6.07) is 11.8. The van der Waals surface area contributed by atoms with E-state index in [-0.39, 0.29) is 5.78 Å². The van der Waals surface area contributed by atoms with Gasteiger partial charge in [0.2, 0.25) is 0 Å². The molecule has 110 valence electrons. The number of carbonyl (C=O) groups is 1. The van der Waals surface area contributed by atoms with E-state index in [0.717, 1.165) is 22.5 Å². The van der Waals surface area contributed by atoms with Crippen LogP contribution in [-0.2, 0) is 6.54 Å². The van der Waals surface area contributed by atoms with E-state index in [1.807, 2.05) is 62.2 Å². The number of ketones is 1. The number of Topliss-reactive ketones (excluding diaryl/α,β-unsaturated/α-hetero) is 1. The number of benzene rings is 1. The minimum absolute atomic E-state index is 0.147. The molecule has 0 aliphatic carbocycles. The number of likely N-dealkylation sites (N-methyl/N-ethyl adjacent to an activating group) is 1. The molecule has 0 spiro atoms. The maximum absolute atomic E-state index is 12.3. The third-order valence-corrected chi connectivity index (χ3v) is 3.62. The lowest BCUT2D eigenvalue weighted by Crippen LogP contribution is -2.26. The molecular weight excluding hydrogens is 260 g/mol. The highest BCUT2D eigenvalue weighted by atomic mass is 16.1. The van der Waals surface area contributed by atoms with E-state index in [4.69, 9.17) is 0 Å². The minimum atomic E-state index is 0.147. The highest BCUT2D eigenvalue weighted by Crippen LogP contribution is 2.11. The Hall–Kier alpha value is -2.00. The molecule has 0 bridgehead atoms. The first-order chi connectivity index (χ1) is 9.95. The Morgan fingerprint density at radius 1 is 1.10 bits per heavy atom. The van der Waals surface area contributed by atoms with E-state index in [2.05, 4.69) is 11.9 Å². The van der Waals surface area contributed by atoms with Crippen LogP contribution in [-0.4, -0.2) is 29.3 Å². The Labute approximate surface area is 126 Å². The summed E-state index contributed by atoms with van der Waals surface area (Å²) in [6.45, 7) is 7.14. The van der Waals surface area contributed by atoms with E-state index < -0.39 is 0 Å². The highest BCUT2D eigenvalue weighted by Gasteiger charge is 2.11. The number of rotatable bonds is 5. The second kappa shape index (κ2) is 6.64. The fourth-order valence-electron chi connectivity index (χ4n) is 2.27. The molecule has 0 saturated heterocycles. The first-order valence-corrected chi connectivity index (χ1v) is 7.17. The maximum atomic E-state index is 12.3. The Balaban J connectivity index is 2.00. The smallest absolute Gasteiger partial charge is 0.176 e. The first-order valence-electron chi connectivity index (χ1n) is 7.17. The lowest BCUT2D eigenvalue weighted by molar-refractivity contribution is 0.0942. The van der Waals surface area contributed by atoms with Gasteiger partial charge in [-0.3, -0.25) is 14.7 Å². The van der Waals surface area contributed by atoms with Gasteiger partial charge in [-0.05, 0) is 57.1 Å². The molecule has 2 rings (SSSR count). The third kappa shape index (κ3) is 4.23. The van der Waals surface area contributed by atoms with Crippen molar-refractivity contribution in [2.24, 2.45) is 0 Å². The molecule has 0 atom stereocenters. The molecule has 2 aromatic rings. The summed E-state index contributed by atoms with van der Waals surface area (Å²) in [7, 11) is 1.95. The molecule has 1 aromatic carbocycles. The molecule has 3 heteroatoms. The van der Waals surface area contributed by atoms with Gasteiger partial charge >= 0.3 is 0 Å². The molecule has 0 radical (unpaired) electrons. The number of pyridine rings is 1. The third-order valence-electron chi connectivity index (χ3n) is 3.62. The Morgan fingerprint density at radius 3 is 2.52 bits per heavy atom. The summed E-state index contributed by atoms with van der Waals surface area (Å²) < 4.78 is 0. The van der Waals surface area contributed by atoms with Crippen molar-refractivity contribution in [3.63, 3.8) is 0 Å². The van der Waals surface area contributed by atoms with E-state index >= 15 is 0 Å². The molecule has 0 amide bonds. The molecule has 21 heavy (non-hydrogen) atoms. The summed E-state index contributed by atoms with van der Waals surface area (Å²) in [5.41, 5.74) is 5.14. The zero-order valence-electron chi connectivity index (χ0n) is 13.2. The molecule has 3 nitrogen and oxygen atoms in total. The molecule has 0 N–H and O–H groups in total. The van der Waals surface area contributed by atoms with Crippen molar-refractivity contribution in [2.75, 3.05) is 13.6 Å². The van der Waals surface area contributed by atoms with E-state index in [1.54, 1.807) is 0 Å². The van der Waals surface area contributed by atoms with Gasteiger partial charge in [-0.1, -0.05) is 18.2 Å². The van der Waals surface area contributed by atoms with E-state index in [9.17, 15) is 4.79 Å². The first kappa shape index (κ1) is 15.4. The molecule has 0 aliphatic rings. The topological polar surface area (TPSA) is 33.2 Å². The van der Waals surface area contributed by atoms with Crippen LogP contribution in [0.25, 0.3) is 0 Å². The molecular formula is C18H22N2O. The summed E-state index contributed by atoms with van der Waals surface area (Å²) in [5, 5.41) is 0. The van der Waals surface area contributed by atoms with Crippen LogP contribution in [0.2, 0.25) is 0 Å². The number of nitrogens with zero attached hydrogens (tertiary/aromatic N) is 2. The second-order valence-corrected chi connectivity index (χ2v) is 5.66. The van der Waals surface area contributed by atoms with Gasteiger partial charge in [-0.25, -0.2) is 0 Å². The Kier molecular flexibility index (Phi) is 4.86. The summed E-state index contributed by atoms with van der Waals surface area (Å²) >= 11 is 0. The Bertz CT molecular complexity index is 649. The molecule has 0 aliphatic heterocycles. The van der Waals surface area contributed by atoms with Crippen molar-refractivity contribution < 1.29 is 4.79 Å². The van der Waals surface area contributed by atoms with E-state index in [0.29, 0.717) is 13.1 Å². The van der Waals surface area contributed by atoms with Gasteiger partial charge in [0.1, 0.15) is 0 Å². The molecule has 0 fully saturated rings. The lowest BCUT2D eigenvalue weighted by Gasteiger charge is -2.16. The molecule has 1 heterocycles. The zero-order valence-corrected chi connectivity index (χ0v) is 13.2. The maximum Gasteiger partial charge on any atom is 0.176 e. The van der Waals surface area contributed by atoms with Gasteiger partial charge in [-0.2, -0.15) is 0 Å². The quantitative estimate of drug-likeness (QED) is 0.789. The predicted octanol–water partition coefficient (Wildman–Crippen LogP) is 3.32. The average molecular weight is 282 g/mol. The van der Waals surface area contributed by atoms with Gasteiger partial charge in [-0.15, -0.1) is 0 Å².